The van der Waals surface area contributed by atoms with E-state index < -0.39 is 23.8 Å². The highest BCUT2D eigenvalue weighted by Gasteiger charge is 2.40. The SMILES string of the molecule is CC(C)NC(=O)CCCCCNC(=O)COc1cccc2c1C(=O)N(C(C)CCC(=O)NC=O)C2=O. The molecule has 1 unspecified atom stereocenters. The maximum Gasteiger partial charge on any atom is 0.265 e. The highest BCUT2D eigenvalue weighted by Crippen LogP contribution is 2.32. The largest absolute Gasteiger partial charge is 0.483 e. The molecule has 0 spiro atoms. The topological polar surface area (TPSA) is 151 Å². The van der Waals surface area contributed by atoms with Gasteiger partial charge in [0.1, 0.15) is 5.75 Å². The van der Waals surface area contributed by atoms with Crippen LogP contribution in [0.3, 0.4) is 0 Å². The molecule has 0 bridgehead atoms. The summed E-state index contributed by atoms with van der Waals surface area (Å²) in [5, 5.41) is 7.59. The van der Waals surface area contributed by atoms with E-state index in [2.05, 4.69) is 10.6 Å². The molecule has 1 heterocycles. The summed E-state index contributed by atoms with van der Waals surface area (Å²) >= 11 is 0. The summed E-state index contributed by atoms with van der Waals surface area (Å²) in [4.78, 5) is 72.6. The molecule has 36 heavy (non-hydrogen) atoms. The second-order valence-electron chi connectivity index (χ2n) is 8.90. The minimum atomic E-state index is -0.581. The van der Waals surface area contributed by atoms with E-state index in [-0.39, 0.29) is 60.6 Å². The number of unbranched alkanes of at least 4 members (excludes halogenated alkanes) is 2. The average molecular weight is 503 g/mol. The molecule has 0 saturated carbocycles. The summed E-state index contributed by atoms with van der Waals surface area (Å²) in [5.74, 6) is -1.78. The normalized spacial score (nSPS) is 13.3. The molecule has 6 amide bonds. The van der Waals surface area contributed by atoms with Gasteiger partial charge >= 0.3 is 0 Å². The van der Waals surface area contributed by atoms with Crippen LogP contribution in [0.5, 0.6) is 5.75 Å². The Morgan fingerprint density at radius 1 is 0.972 bits per heavy atom. The van der Waals surface area contributed by atoms with Crippen LogP contribution in [0.25, 0.3) is 0 Å². The van der Waals surface area contributed by atoms with E-state index in [1.165, 1.54) is 12.1 Å². The lowest BCUT2D eigenvalue weighted by Gasteiger charge is -2.22. The lowest BCUT2D eigenvalue weighted by molar-refractivity contribution is -0.126. The quantitative estimate of drug-likeness (QED) is 0.186. The number of benzene rings is 1. The molecule has 0 fully saturated rings. The molecule has 1 aromatic rings. The molecule has 2 rings (SSSR count). The third kappa shape index (κ3) is 8.17. The van der Waals surface area contributed by atoms with Gasteiger partial charge in [-0.2, -0.15) is 0 Å². The molecule has 3 N–H and O–H groups in total. The summed E-state index contributed by atoms with van der Waals surface area (Å²) in [6.45, 7) is 5.56. The zero-order valence-corrected chi connectivity index (χ0v) is 20.9. The summed E-state index contributed by atoms with van der Waals surface area (Å²) in [6, 6.07) is 4.13. The third-order valence-corrected chi connectivity index (χ3v) is 5.57. The number of hydrogen-bond acceptors (Lipinski definition) is 7. The number of rotatable bonds is 15. The van der Waals surface area contributed by atoms with Gasteiger partial charge in [0, 0.05) is 31.5 Å². The smallest absolute Gasteiger partial charge is 0.265 e. The highest BCUT2D eigenvalue weighted by molar-refractivity contribution is 6.22. The monoisotopic (exact) mass is 502 g/mol. The zero-order valence-electron chi connectivity index (χ0n) is 20.9. The Kier molecular flexibility index (Phi) is 11.0. The summed E-state index contributed by atoms with van der Waals surface area (Å²) in [7, 11) is 0. The van der Waals surface area contributed by atoms with Crippen molar-refractivity contribution in [1.29, 1.82) is 0 Å². The van der Waals surface area contributed by atoms with Crippen LogP contribution < -0.4 is 20.7 Å². The predicted molar refractivity (Wildman–Crippen MR) is 130 cm³/mol. The molecule has 196 valence electrons. The van der Waals surface area contributed by atoms with Crippen LogP contribution in [0.4, 0.5) is 0 Å². The van der Waals surface area contributed by atoms with Gasteiger partial charge in [-0.25, -0.2) is 0 Å². The summed E-state index contributed by atoms with van der Waals surface area (Å²) < 4.78 is 5.57. The van der Waals surface area contributed by atoms with Gasteiger partial charge in [0.05, 0.1) is 11.1 Å². The molecule has 11 heteroatoms. The number of hydrogen-bond donors (Lipinski definition) is 3. The lowest BCUT2D eigenvalue weighted by Crippen LogP contribution is -2.38. The number of fused-ring (bicyclic) bond motifs is 1. The van der Waals surface area contributed by atoms with E-state index in [1.807, 2.05) is 19.2 Å². The predicted octanol–water partition coefficient (Wildman–Crippen LogP) is 1.30. The molecule has 1 aromatic carbocycles. The molecule has 1 aliphatic heterocycles. The Morgan fingerprint density at radius 3 is 2.42 bits per heavy atom. The molecule has 0 saturated heterocycles. The minimum Gasteiger partial charge on any atom is -0.483 e. The van der Waals surface area contributed by atoms with Gasteiger partial charge in [0.2, 0.25) is 18.2 Å². The van der Waals surface area contributed by atoms with E-state index in [1.54, 1.807) is 13.0 Å². The number of nitrogens with one attached hydrogen (secondary N) is 3. The van der Waals surface area contributed by atoms with Crippen molar-refractivity contribution in [1.82, 2.24) is 20.9 Å². The number of amides is 6. The van der Waals surface area contributed by atoms with Crippen LogP contribution in [0.2, 0.25) is 0 Å². The van der Waals surface area contributed by atoms with Gasteiger partial charge in [-0.15, -0.1) is 0 Å². The van der Waals surface area contributed by atoms with Gasteiger partial charge in [-0.3, -0.25) is 39.0 Å². The van der Waals surface area contributed by atoms with Crippen molar-refractivity contribution in [2.45, 2.75) is 71.4 Å². The van der Waals surface area contributed by atoms with Crippen molar-refractivity contribution in [3.8, 4) is 5.75 Å². The van der Waals surface area contributed by atoms with Crippen molar-refractivity contribution >= 4 is 35.9 Å². The fourth-order valence-electron chi connectivity index (χ4n) is 3.80. The molecule has 0 radical (unpaired) electrons. The van der Waals surface area contributed by atoms with E-state index in [9.17, 15) is 28.8 Å². The molecule has 1 atom stereocenters. The standard InChI is InChI=1S/C25H34N4O7/c1-16(2)28-21(32)10-5-4-6-13-26-22(33)14-36-19-9-7-8-18-23(19)25(35)29(24(18)34)17(3)11-12-20(31)27-15-30/h7-9,15-17H,4-6,10-14H2,1-3H3,(H,26,33)(H,28,32)(H,27,30,31). The average Bonchev–Trinajstić information content (AvgIpc) is 3.08. The molecular weight excluding hydrogens is 468 g/mol. The molecular formula is C25H34N4O7. The first-order valence-electron chi connectivity index (χ1n) is 12.1. The fourth-order valence-corrected chi connectivity index (χ4v) is 3.80. The molecule has 1 aliphatic rings. The minimum absolute atomic E-state index is 0.0159. The Balaban J connectivity index is 1.82. The Hall–Kier alpha value is -3.76. The highest BCUT2D eigenvalue weighted by atomic mass is 16.5. The fraction of sp³-hybridized carbons (Fsp3) is 0.520. The Morgan fingerprint density at radius 2 is 1.72 bits per heavy atom. The number of nitrogens with zero attached hydrogens (tertiary/aromatic N) is 1. The van der Waals surface area contributed by atoms with Crippen molar-refractivity contribution in [3.05, 3.63) is 29.3 Å². The first kappa shape index (κ1) is 28.5. The van der Waals surface area contributed by atoms with E-state index in [0.717, 1.165) is 17.7 Å². The second-order valence-corrected chi connectivity index (χ2v) is 8.90. The number of ether oxygens (including phenoxy) is 1. The van der Waals surface area contributed by atoms with E-state index in [0.29, 0.717) is 19.4 Å². The molecule has 0 aromatic heterocycles. The van der Waals surface area contributed by atoms with Crippen LogP contribution in [0, 0.1) is 0 Å². The van der Waals surface area contributed by atoms with Gasteiger partial charge in [0.15, 0.2) is 6.61 Å². The van der Waals surface area contributed by atoms with Crippen LogP contribution in [0.15, 0.2) is 18.2 Å². The van der Waals surface area contributed by atoms with Gasteiger partial charge in [0.25, 0.3) is 17.7 Å². The summed E-state index contributed by atoms with van der Waals surface area (Å²) in [5.41, 5.74) is 0.253. The van der Waals surface area contributed by atoms with E-state index in [4.69, 9.17) is 4.74 Å². The summed E-state index contributed by atoms with van der Waals surface area (Å²) in [6.07, 6.45) is 3.13. The second kappa shape index (κ2) is 14.0. The van der Waals surface area contributed by atoms with Crippen molar-refractivity contribution < 1.29 is 33.5 Å². The van der Waals surface area contributed by atoms with Crippen molar-refractivity contribution in [2.75, 3.05) is 13.2 Å². The van der Waals surface area contributed by atoms with Crippen LogP contribution >= 0.6 is 0 Å². The zero-order chi connectivity index (χ0) is 26.7. The van der Waals surface area contributed by atoms with Crippen molar-refractivity contribution in [3.63, 3.8) is 0 Å². The maximum atomic E-state index is 13.0. The number of imide groups is 2. The first-order valence-corrected chi connectivity index (χ1v) is 12.1. The van der Waals surface area contributed by atoms with Gasteiger partial charge < -0.3 is 15.4 Å². The molecule has 11 nitrogen and oxygen atoms in total. The number of carbonyl (C=O) groups excluding carboxylic acids is 6. The van der Waals surface area contributed by atoms with Crippen LogP contribution in [0.1, 0.15) is 80.0 Å². The number of carbonyl (C=O) groups is 6. The van der Waals surface area contributed by atoms with Crippen molar-refractivity contribution in [2.24, 2.45) is 0 Å². The van der Waals surface area contributed by atoms with Crippen LogP contribution in [-0.2, 0) is 19.2 Å². The lowest BCUT2D eigenvalue weighted by atomic mass is 10.1. The van der Waals surface area contributed by atoms with E-state index >= 15 is 0 Å². The Bertz CT molecular complexity index is 993. The van der Waals surface area contributed by atoms with Gasteiger partial charge in [-0.1, -0.05) is 12.5 Å². The first-order chi connectivity index (χ1) is 17.1. The maximum absolute atomic E-state index is 13.0. The Labute approximate surface area is 210 Å². The third-order valence-electron chi connectivity index (χ3n) is 5.57. The van der Waals surface area contributed by atoms with Gasteiger partial charge in [-0.05, 0) is 52.2 Å². The van der Waals surface area contributed by atoms with Crippen LogP contribution in [-0.4, -0.2) is 66.1 Å². The molecule has 0 aliphatic carbocycles.